The number of hydrogen-bond acceptors (Lipinski definition) is 7. The number of aliphatic hydroxyl groups is 1. The largest absolute Gasteiger partial charge is 0.465 e. The molecule has 1 aromatic carbocycles. The zero-order valence-electron chi connectivity index (χ0n) is 12.8. The fourth-order valence-corrected chi connectivity index (χ4v) is 2.65. The number of hydrogen-bond donors (Lipinski definition) is 2. The van der Waals surface area contributed by atoms with Crippen LogP contribution in [0.5, 0.6) is 5.75 Å². The number of ether oxygens (including phenoxy) is 2. The van der Waals surface area contributed by atoms with Crippen LogP contribution >= 0.6 is 0 Å². The summed E-state index contributed by atoms with van der Waals surface area (Å²) in [5, 5.41) is 9.29. The Morgan fingerprint density at radius 2 is 2.04 bits per heavy atom. The average Bonchev–Trinajstić information content (AvgIpc) is 2.61. The van der Waals surface area contributed by atoms with E-state index in [1.165, 1.54) is 7.11 Å². The molecule has 1 aliphatic heterocycles. The molecular weight excluding hydrogens is 314 g/mol. The Balaban J connectivity index is 2.30. The Bertz CT molecular complexity index is 868. The van der Waals surface area contributed by atoms with E-state index in [0.29, 0.717) is 5.56 Å². The lowest BCUT2D eigenvalue weighted by Gasteiger charge is -2.26. The van der Waals surface area contributed by atoms with E-state index in [0.717, 1.165) is 6.07 Å². The van der Waals surface area contributed by atoms with Crippen molar-refractivity contribution in [3.8, 4) is 5.75 Å². The van der Waals surface area contributed by atoms with Crippen molar-refractivity contribution >= 4 is 5.97 Å². The van der Waals surface area contributed by atoms with Crippen molar-refractivity contribution in [1.82, 2.24) is 0 Å². The van der Waals surface area contributed by atoms with Gasteiger partial charge in [-0.15, -0.1) is 0 Å². The first-order valence-corrected chi connectivity index (χ1v) is 7.15. The zero-order chi connectivity index (χ0) is 17.3. The molecule has 2 heterocycles. The second-order valence-corrected chi connectivity index (χ2v) is 5.14. The summed E-state index contributed by atoms with van der Waals surface area (Å²) in [6, 6.07) is 10.0. The number of fused-ring (bicyclic) bond motifs is 1. The van der Waals surface area contributed by atoms with E-state index in [1.807, 2.05) is 6.07 Å². The highest BCUT2D eigenvalue weighted by Gasteiger charge is 2.38. The van der Waals surface area contributed by atoms with Gasteiger partial charge in [0.2, 0.25) is 17.1 Å². The number of methoxy groups -OCH3 is 1. The summed E-state index contributed by atoms with van der Waals surface area (Å²) in [5.41, 5.74) is 6.08. The molecule has 3 rings (SSSR count). The minimum Gasteiger partial charge on any atom is -0.465 e. The number of carbonyl (C=O) groups is 1. The molecule has 7 nitrogen and oxygen atoms in total. The highest BCUT2D eigenvalue weighted by atomic mass is 16.5. The maximum atomic E-state index is 12.2. The molecule has 0 fully saturated rings. The quantitative estimate of drug-likeness (QED) is 0.808. The van der Waals surface area contributed by atoms with Gasteiger partial charge in [-0.3, -0.25) is 4.79 Å². The maximum absolute atomic E-state index is 12.2. The molecule has 1 aliphatic rings. The van der Waals surface area contributed by atoms with Crippen LogP contribution in [0.25, 0.3) is 0 Å². The van der Waals surface area contributed by atoms with Gasteiger partial charge in [-0.1, -0.05) is 30.3 Å². The molecule has 3 N–H and O–H groups in total. The Hall–Kier alpha value is -3.06. The first-order chi connectivity index (χ1) is 11.6. The molecular formula is C17H15NO6. The first kappa shape index (κ1) is 15.8. The average molecular weight is 329 g/mol. The molecule has 1 unspecified atom stereocenters. The molecule has 0 radical (unpaired) electrons. The highest BCUT2D eigenvalue weighted by Crippen LogP contribution is 2.41. The Kier molecular flexibility index (Phi) is 4.09. The van der Waals surface area contributed by atoms with Crippen LogP contribution in [0.1, 0.15) is 23.0 Å². The van der Waals surface area contributed by atoms with Crippen LogP contribution in [0.4, 0.5) is 0 Å². The number of rotatable bonds is 3. The molecule has 0 saturated carbocycles. The third kappa shape index (κ3) is 2.55. The summed E-state index contributed by atoms with van der Waals surface area (Å²) in [4.78, 5) is 24.4. The summed E-state index contributed by atoms with van der Waals surface area (Å²) in [5.74, 6) is -1.62. The number of benzene rings is 1. The maximum Gasteiger partial charge on any atom is 0.340 e. The van der Waals surface area contributed by atoms with Crippen LogP contribution in [-0.2, 0) is 16.1 Å². The van der Waals surface area contributed by atoms with Crippen molar-refractivity contribution in [3.63, 3.8) is 0 Å². The molecule has 7 heteroatoms. The summed E-state index contributed by atoms with van der Waals surface area (Å²) in [7, 11) is 1.22. The van der Waals surface area contributed by atoms with Crippen molar-refractivity contribution in [2.75, 3.05) is 7.11 Å². The van der Waals surface area contributed by atoms with Gasteiger partial charge < -0.3 is 24.7 Å². The van der Waals surface area contributed by atoms with Crippen LogP contribution in [0.2, 0.25) is 0 Å². The minimum atomic E-state index is -0.776. The van der Waals surface area contributed by atoms with Crippen LogP contribution in [-0.4, -0.2) is 18.2 Å². The Morgan fingerprint density at radius 3 is 2.67 bits per heavy atom. The van der Waals surface area contributed by atoms with Gasteiger partial charge in [0.15, 0.2) is 5.76 Å². The zero-order valence-corrected chi connectivity index (χ0v) is 12.8. The Labute approximate surface area is 136 Å². The summed E-state index contributed by atoms with van der Waals surface area (Å²) < 4.78 is 15.7. The minimum absolute atomic E-state index is 0.0365. The fourth-order valence-electron chi connectivity index (χ4n) is 2.65. The standard InChI is InChI=1S/C17H15NO6/c1-22-17(21)13-12(9-5-3-2-4-6-9)15-14(24-16(13)18)11(20)7-10(8-19)23-15/h2-7,12,19H,8,18H2,1H3. The number of aliphatic hydroxyl groups excluding tert-OH is 1. The molecule has 0 saturated heterocycles. The van der Waals surface area contributed by atoms with E-state index in [2.05, 4.69) is 0 Å². The van der Waals surface area contributed by atoms with Gasteiger partial charge in [0.1, 0.15) is 17.9 Å². The molecule has 124 valence electrons. The van der Waals surface area contributed by atoms with Gasteiger partial charge in [0.25, 0.3) is 0 Å². The van der Waals surface area contributed by atoms with E-state index in [-0.39, 0.29) is 28.7 Å². The molecule has 0 bridgehead atoms. The molecule has 1 atom stereocenters. The van der Waals surface area contributed by atoms with Crippen molar-refractivity contribution in [3.05, 3.63) is 75.2 Å². The second kappa shape index (κ2) is 6.21. The first-order valence-electron chi connectivity index (χ1n) is 7.15. The topological polar surface area (TPSA) is 112 Å². The normalized spacial score (nSPS) is 16.3. The van der Waals surface area contributed by atoms with Gasteiger partial charge in [-0.25, -0.2) is 4.79 Å². The van der Waals surface area contributed by atoms with Crippen LogP contribution in [0.3, 0.4) is 0 Å². The highest BCUT2D eigenvalue weighted by molar-refractivity contribution is 5.92. The van der Waals surface area contributed by atoms with Crippen LogP contribution < -0.4 is 15.9 Å². The second-order valence-electron chi connectivity index (χ2n) is 5.14. The lowest BCUT2D eigenvalue weighted by Crippen LogP contribution is -2.29. The lowest BCUT2D eigenvalue weighted by atomic mass is 9.87. The van der Waals surface area contributed by atoms with Gasteiger partial charge in [-0.05, 0) is 5.56 Å². The van der Waals surface area contributed by atoms with Gasteiger partial charge >= 0.3 is 5.97 Å². The third-order valence-corrected chi connectivity index (χ3v) is 3.70. The summed E-state index contributed by atoms with van der Waals surface area (Å²) >= 11 is 0. The molecule has 0 aliphatic carbocycles. The SMILES string of the molecule is COC(=O)C1=C(N)Oc2c(oc(CO)cc2=O)C1c1ccccc1. The van der Waals surface area contributed by atoms with E-state index >= 15 is 0 Å². The van der Waals surface area contributed by atoms with E-state index < -0.39 is 23.9 Å². The van der Waals surface area contributed by atoms with Crippen molar-refractivity contribution in [1.29, 1.82) is 0 Å². The Morgan fingerprint density at radius 1 is 1.33 bits per heavy atom. The number of nitrogens with two attached hydrogens (primary N) is 1. The van der Waals surface area contributed by atoms with E-state index in [1.54, 1.807) is 24.3 Å². The van der Waals surface area contributed by atoms with Crippen molar-refractivity contribution < 1.29 is 23.8 Å². The van der Waals surface area contributed by atoms with Crippen molar-refractivity contribution in [2.24, 2.45) is 5.73 Å². The summed E-state index contributed by atoms with van der Waals surface area (Å²) in [6.07, 6.45) is 0. The number of esters is 1. The molecule has 0 amide bonds. The van der Waals surface area contributed by atoms with E-state index in [4.69, 9.17) is 19.6 Å². The van der Waals surface area contributed by atoms with Crippen LogP contribution in [0.15, 0.2) is 57.1 Å². The lowest BCUT2D eigenvalue weighted by molar-refractivity contribution is -0.136. The monoisotopic (exact) mass is 329 g/mol. The third-order valence-electron chi connectivity index (χ3n) is 3.70. The predicted octanol–water partition coefficient (Wildman–Crippen LogP) is 1.000. The molecule has 1 aromatic heterocycles. The van der Waals surface area contributed by atoms with Gasteiger partial charge in [-0.2, -0.15) is 0 Å². The smallest absolute Gasteiger partial charge is 0.340 e. The molecule has 0 spiro atoms. The van der Waals surface area contributed by atoms with Gasteiger partial charge in [0.05, 0.1) is 13.0 Å². The predicted molar refractivity (Wildman–Crippen MR) is 83.0 cm³/mol. The van der Waals surface area contributed by atoms with E-state index in [9.17, 15) is 14.7 Å². The molecule has 2 aromatic rings. The van der Waals surface area contributed by atoms with Crippen molar-refractivity contribution in [2.45, 2.75) is 12.5 Å². The van der Waals surface area contributed by atoms with Gasteiger partial charge in [0, 0.05) is 6.07 Å². The fraction of sp³-hybridized carbons (Fsp3) is 0.176. The summed E-state index contributed by atoms with van der Waals surface area (Å²) in [6.45, 7) is -0.462. The molecule has 24 heavy (non-hydrogen) atoms. The van der Waals surface area contributed by atoms with Crippen LogP contribution in [0, 0.1) is 0 Å². The number of carbonyl (C=O) groups excluding carboxylic acids is 1.